The summed E-state index contributed by atoms with van der Waals surface area (Å²) in [5, 5.41) is 3.07. The number of furan rings is 1. The predicted molar refractivity (Wildman–Crippen MR) is 95.4 cm³/mol. The van der Waals surface area contributed by atoms with Gasteiger partial charge in [0.25, 0.3) is 0 Å². The largest absolute Gasteiger partial charge is 0.460 e. The molecule has 0 aliphatic rings. The molecule has 0 saturated carbocycles. The van der Waals surface area contributed by atoms with Crippen LogP contribution in [0.4, 0.5) is 0 Å². The second-order valence-corrected chi connectivity index (χ2v) is 6.43. The van der Waals surface area contributed by atoms with Gasteiger partial charge in [-0.05, 0) is 23.6 Å². The van der Waals surface area contributed by atoms with Crippen LogP contribution in [0.2, 0.25) is 0 Å². The maximum absolute atomic E-state index is 12.3. The SMILES string of the molecule is CCc1oc2ccccc2c1/C=C/C(=O)N(C)Cc1cccs1. The van der Waals surface area contributed by atoms with Gasteiger partial charge < -0.3 is 9.32 Å². The van der Waals surface area contributed by atoms with Gasteiger partial charge in [-0.3, -0.25) is 4.79 Å². The molecule has 0 radical (unpaired) electrons. The predicted octanol–water partition coefficient (Wildman–Crippen LogP) is 4.73. The Morgan fingerprint density at radius 1 is 1.26 bits per heavy atom. The summed E-state index contributed by atoms with van der Waals surface area (Å²) in [6.45, 7) is 2.69. The van der Waals surface area contributed by atoms with Crippen LogP contribution in [-0.2, 0) is 17.8 Å². The van der Waals surface area contributed by atoms with E-state index in [1.165, 1.54) is 4.88 Å². The molecule has 0 unspecified atom stereocenters. The van der Waals surface area contributed by atoms with Crippen LogP contribution in [0.25, 0.3) is 17.0 Å². The number of carbonyl (C=O) groups excluding carboxylic acids is 1. The fourth-order valence-electron chi connectivity index (χ4n) is 2.56. The highest BCUT2D eigenvalue weighted by Crippen LogP contribution is 2.27. The van der Waals surface area contributed by atoms with E-state index in [4.69, 9.17) is 4.42 Å². The van der Waals surface area contributed by atoms with E-state index in [9.17, 15) is 4.79 Å². The standard InChI is InChI=1S/C19H19NO2S/c1-3-17-16(15-8-4-5-9-18(15)22-17)10-11-19(21)20(2)13-14-7-6-12-23-14/h4-12H,3,13H2,1-2H3/b11-10+. The first-order valence-corrected chi connectivity index (χ1v) is 8.53. The summed E-state index contributed by atoms with van der Waals surface area (Å²) in [6, 6.07) is 12.0. The van der Waals surface area contributed by atoms with E-state index in [1.807, 2.05) is 54.9 Å². The minimum atomic E-state index is -0.00858. The Hall–Kier alpha value is -2.33. The number of likely N-dealkylation sites (N-methyl/N-ethyl adjacent to an activating group) is 1. The molecule has 3 rings (SSSR count). The summed E-state index contributed by atoms with van der Waals surface area (Å²) in [7, 11) is 1.82. The Labute approximate surface area is 139 Å². The first-order valence-electron chi connectivity index (χ1n) is 7.65. The zero-order valence-electron chi connectivity index (χ0n) is 13.3. The molecule has 0 N–H and O–H groups in total. The van der Waals surface area contributed by atoms with Gasteiger partial charge in [-0.15, -0.1) is 11.3 Å². The van der Waals surface area contributed by atoms with Crippen molar-refractivity contribution in [3.63, 3.8) is 0 Å². The Kier molecular flexibility index (Phi) is 4.63. The van der Waals surface area contributed by atoms with Crippen molar-refractivity contribution in [3.8, 4) is 0 Å². The van der Waals surface area contributed by atoms with E-state index in [0.717, 1.165) is 28.7 Å². The minimum Gasteiger partial charge on any atom is -0.460 e. The van der Waals surface area contributed by atoms with Crippen molar-refractivity contribution in [1.82, 2.24) is 4.90 Å². The molecule has 0 aliphatic heterocycles. The third-order valence-electron chi connectivity index (χ3n) is 3.77. The first kappa shape index (κ1) is 15.6. The van der Waals surface area contributed by atoms with Crippen molar-refractivity contribution in [2.75, 3.05) is 7.05 Å². The second kappa shape index (κ2) is 6.84. The summed E-state index contributed by atoms with van der Waals surface area (Å²) < 4.78 is 5.85. The number of thiophene rings is 1. The van der Waals surface area contributed by atoms with E-state index in [0.29, 0.717) is 6.54 Å². The molecule has 1 aromatic carbocycles. The van der Waals surface area contributed by atoms with Crippen LogP contribution in [0.3, 0.4) is 0 Å². The normalized spacial score (nSPS) is 11.4. The lowest BCUT2D eigenvalue weighted by molar-refractivity contribution is -0.125. The van der Waals surface area contributed by atoms with E-state index in [2.05, 4.69) is 6.92 Å². The molecule has 0 spiro atoms. The van der Waals surface area contributed by atoms with Crippen molar-refractivity contribution in [1.29, 1.82) is 0 Å². The van der Waals surface area contributed by atoms with Gasteiger partial charge >= 0.3 is 0 Å². The summed E-state index contributed by atoms with van der Waals surface area (Å²) in [4.78, 5) is 15.2. The molecule has 3 aromatic rings. The van der Waals surface area contributed by atoms with Gasteiger partial charge in [-0.2, -0.15) is 0 Å². The van der Waals surface area contributed by atoms with Gasteiger partial charge in [0.2, 0.25) is 5.91 Å². The Morgan fingerprint density at radius 2 is 2.09 bits per heavy atom. The summed E-state index contributed by atoms with van der Waals surface area (Å²) in [5.74, 6) is 0.905. The van der Waals surface area contributed by atoms with Crippen molar-refractivity contribution < 1.29 is 9.21 Å². The molecule has 0 bridgehead atoms. The fraction of sp³-hybridized carbons (Fsp3) is 0.211. The van der Waals surface area contributed by atoms with E-state index in [-0.39, 0.29) is 5.91 Å². The van der Waals surface area contributed by atoms with Gasteiger partial charge in [0, 0.05) is 35.4 Å². The molecule has 0 atom stereocenters. The molecule has 4 heteroatoms. The van der Waals surface area contributed by atoms with Crippen LogP contribution in [0, 0.1) is 0 Å². The third-order valence-corrected chi connectivity index (χ3v) is 4.63. The van der Waals surface area contributed by atoms with Crippen LogP contribution < -0.4 is 0 Å². The number of hydrogen-bond donors (Lipinski definition) is 0. The lowest BCUT2D eigenvalue weighted by atomic mass is 10.1. The summed E-state index contributed by atoms with van der Waals surface area (Å²) in [5.41, 5.74) is 1.87. The molecular formula is C19H19NO2S. The van der Waals surface area contributed by atoms with Crippen LogP contribution in [0.15, 0.2) is 52.3 Å². The van der Waals surface area contributed by atoms with Gasteiger partial charge in [-0.1, -0.05) is 31.2 Å². The monoisotopic (exact) mass is 325 g/mol. The quantitative estimate of drug-likeness (QED) is 0.636. The first-order chi connectivity index (χ1) is 11.2. The fourth-order valence-corrected chi connectivity index (χ4v) is 3.31. The van der Waals surface area contributed by atoms with Crippen LogP contribution in [0.5, 0.6) is 0 Å². The molecule has 23 heavy (non-hydrogen) atoms. The van der Waals surface area contributed by atoms with Crippen molar-refractivity contribution in [2.24, 2.45) is 0 Å². The van der Waals surface area contributed by atoms with Crippen molar-refractivity contribution in [2.45, 2.75) is 19.9 Å². The molecular weight excluding hydrogens is 306 g/mol. The average Bonchev–Trinajstić information content (AvgIpc) is 3.19. The number of amides is 1. The van der Waals surface area contributed by atoms with Crippen LogP contribution in [0.1, 0.15) is 23.1 Å². The van der Waals surface area contributed by atoms with Crippen molar-refractivity contribution >= 4 is 34.3 Å². The summed E-state index contributed by atoms with van der Waals surface area (Å²) in [6.07, 6.45) is 4.30. The number of carbonyl (C=O) groups is 1. The molecule has 3 nitrogen and oxygen atoms in total. The molecule has 2 aromatic heterocycles. The third kappa shape index (κ3) is 3.37. The molecule has 0 saturated heterocycles. The Balaban J connectivity index is 1.80. The molecule has 2 heterocycles. The van der Waals surface area contributed by atoms with E-state index >= 15 is 0 Å². The van der Waals surface area contributed by atoms with Crippen LogP contribution in [-0.4, -0.2) is 17.9 Å². The number of benzene rings is 1. The molecule has 1 amide bonds. The molecule has 0 aliphatic carbocycles. The van der Waals surface area contributed by atoms with E-state index < -0.39 is 0 Å². The summed E-state index contributed by atoms with van der Waals surface area (Å²) >= 11 is 1.66. The van der Waals surface area contributed by atoms with Gasteiger partial charge in [0.15, 0.2) is 0 Å². The van der Waals surface area contributed by atoms with E-state index in [1.54, 1.807) is 22.3 Å². The number of hydrogen-bond acceptors (Lipinski definition) is 3. The zero-order chi connectivity index (χ0) is 16.2. The number of para-hydroxylation sites is 1. The Morgan fingerprint density at radius 3 is 2.83 bits per heavy atom. The number of aryl methyl sites for hydroxylation is 1. The maximum Gasteiger partial charge on any atom is 0.246 e. The lowest BCUT2D eigenvalue weighted by Gasteiger charge is -2.13. The minimum absolute atomic E-state index is 0.00858. The average molecular weight is 325 g/mol. The van der Waals surface area contributed by atoms with Gasteiger partial charge in [0.1, 0.15) is 11.3 Å². The number of fused-ring (bicyclic) bond motifs is 1. The topological polar surface area (TPSA) is 33.5 Å². The van der Waals surface area contributed by atoms with Gasteiger partial charge in [0.05, 0.1) is 6.54 Å². The maximum atomic E-state index is 12.3. The second-order valence-electron chi connectivity index (χ2n) is 5.40. The lowest BCUT2D eigenvalue weighted by Crippen LogP contribution is -2.23. The number of rotatable bonds is 5. The molecule has 0 fully saturated rings. The number of nitrogens with zero attached hydrogens (tertiary/aromatic N) is 1. The van der Waals surface area contributed by atoms with Crippen LogP contribution >= 0.6 is 11.3 Å². The highest BCUT2D eigenvalue weighted by molar-refractivity contribution is 7.09. The van der Waals surface area contributed by atoms with Gasteiger partial charge in [-0.25, -0.2) is 0 Å². The Bertz CT molecular complexity index is 830. The molecule has 118 valence electrons. The highest BCUT2D eigenvalue weighted by Gasteiger charge is 2.11. The van der Waals surface area contributed by atoms with Crippen molar-refractivity contribution in [3.05, 3.63) is 64.1 Å². The smallest absolute Gasteiger partial charge is 0.246 e. The highest BCUT2D eigenvalue weighted by atomic mass is 32.1. The zero-order valence-corrected chi connectivity index (χ0v) is 14.1.